The summed E-state index contributed by atoms with van der Waals surface area (Å²) in [6, 6.07) is 8.02. The number of amides is 2. The van der Waals surface area contributed by atoms with Crippen LogP contribution in [0.4, 0.5) is 5.69 Å². The molecule has 2 saturated carbocycles. The van der Waals surface area contributed by atoms with E-state index in [9.17, 15) is 9.59 Å². The number of hydrogen-bond acceptors (Lipinski definition) is 3. The molecule has 0 saturated heterocycles. The van der Waals surface area contributed by atoms with Crippen LogP contribution in [0.25, 0.3) is 0 Å². The number of primary amides is 1. The molecular weight excluding hydrogens is 448 g/mol. The summed E-state index contributed by atoms with van der Waals surface area (Å²) in [5.41, 5.74) is 7.94. The summed E-state index contributed by atoms with van der Waals surface area (Å²) < 4.78 is 6.44. The fourth-order valence-corrected chi connectivity index (χ4v) is 6.92. The standard InChI is InChI=1S/C31H50N2O3/c1-19(2)23-13-14-30(5,6)15-24(23)29(35)33-22-11-9-21(10-12-22)18-36-26-17-31(7,8)16-25(28(32)34)27(26)20(3)4/h9-12,19-20,23-27H,13-18H2,1-8H3,(H2,32,34)(H,33,35). The number of hydrogen-bond donors (Lipinski definition) is 2. The van der Waals surface area contributed by atoms with E-state index in [1.165, 1.54) is 6.42 Å². The van der Waals surface area contributed by atoms with E-state index >= 15 is 0 Å². The summed E-state index contributed by atoms with van der Waals surface area (Å²) in [6.07, 6.45) is 4.97. The highest BCUT2D eigenvalue weighted by molar-refractivity contribution is 5.92. The Balaban J connectivity index is 1.64. The number of carbonyl (C=O) groups is 2. The minimum absolute atomic E-state index is 0.00625. The van der Waals surface area contributed by atoms with Crippen molar-refractivity contribution < 1.29 is 14.3 Å². The van der Waals surface area contributed by atoms with E-state index in [1.807, 2.05) is 24.3 Å². The van der Waals surface area contributed by atoms with Crippen molar-refractivity contribution in [2.45, 2.75) is 100 Å². The molecule has 36 heavy (non-hydrogen) atoms. The Bertz CT molecular complexity index is 903. The number of carbonyl (C=O) groups excluding carboxylic acids is 2. The van der Waals surface area contributed by atoms with Gasteiger partial charge in [0.15, 0.2) is 0 Å². The van der Waals surface area contributed by atoms with Gasteiger partial charge in [-0.25, -0.2) is 0 Å². The quantitative estimate of drug-likeness (QED) is 0.413. The van der Waals surface area contributed by atoms with Crippen LogP contribution in [-0.4, -0.2) is 17.9 Å². The smallest absolute Gasteiger partial charge is 0.227 e. The molecule has 3 N–H and O–H groups in total. The van der Waals surface area contributed by atoms with Crippen molar-refractivity contribution in [1.29, 1.82) is 0 Å². The van der Waals surface area contributed by atoms with Crippen molar-refractivity contribution in [2.75, 3.05) is 5.32 Å². The van der Waals surface area contributed by atoms with E-state index in [0.717, 1.165) is 36.9 Å². The number of rotatable bonds is 8. The van der Waals surface area contributed by atoms with Crippen molar-refractivity contribution >= 4 is 17.5 Å². The zero-order valence-corrected chi connectivity index (χ0v) is 23.9. The molecule has 0 spiro atoms. The largest absolute Gasteiger partial charge is 0.373 e. The third kappa shape index (κ3) is 7.12. The first-order valence-electron chi connectivity index (χ1n) is 14.0. The van der Waals surface area contributed by atoms with Crippen LogP contribution in [0, 0.1) is 46.3 Å². The number of anilines is 1. The predicted molar refractivity (Wildman–Crippen MR) is 147 cm³/mol. The van der Waals surface area contributed by atoms with E-state index in [4.69, 9.17) is 10.5 Å². The van der Waals surface area contributed by atoms with Gasteiger partial charge in [0.05, 0.1) is 12.7 Å². The fourth-order valence-electron chi connectivity index (χ4n) is 6.92. The minimum atomic E-state index is -0.212. The average Bonchev–Trinajstić information content (AvgIpc) is 2.76. The molecule has 2 aliphatic carbocycles. The SMILES string of the molecule is CC(C)C1CCC(C)(C)CC1C(=O)Nc1ccc(COC2CC(C)(C)CC(C(N)=O)C2C(C)C)cc1. The van der Waals surface area contributed by atoms with Crippen molar-refractivity contribution in [3.05, 3.63) is 29.8 Å². The van der Waals surface area contributed by atoms with Crippen LogP contribution < -0.4 is 11.1 Å². The lowest BCUT2D eigenvalue weighted by molar-refractivity contribution is -0.138. The molecule has 0 bridgehead atoms. The highest BCUT2D eigenvalue weighted by Gasteiger charge is 2.45. The van der Waals surface area contributed by atoms with Gasteiger partial charge >= 0.3 is 0 Å². The van der Waals surface area contributed by atoms with Crippen LogP contribution in [0.1, 0.15) is 93.1 Å². The Kier molecular flexibility index (Phi) is 8.96. The molecule has 5 atom stereocenters. The van der Waals surface area contributed by atoms with Gasteiger partial charge < -0.3 is 15.8 Å². The van der Waals surface area contributed by atoms with Gasteiger partial charge in [-0.05, 0) is 84.3 Å². The molecule has 3 rings (SSSR count). The third-order valence-corrected chi connectivity index (χ3v) is 8.88. The third-order valence-electron chi connectivity index (χ3n) is 8.88. The maximum Gasteiger partial charge on any atom is 0.227 e. The molecule has 0 aromatic heterocycles. The van der Waals surface area contributed by atoms with Crippen molar-refractivity contribution in [3.8, 4) is 0 Å². The summed E-state index contributed by atoms with van der Waals surface area (Å²) in [5.74, 6) is 1.22. The zero-order chi connectivity index (χ0) is 26.8. The lowest BCUT2D eigenvalue weighted by atomic mass is 9.62. The second-order valence-electron chi connectivity index (χ2n) is 13.9. The molecule has 2 fully saturated rings. The number of ether oxygens (including phenoxy) is 1. The molecule has 0 aliphatic heterocycles. The van der Waals surface area contributed by atoms with Gasteiger partial charge in [0.25, 0.3) is 0 Å². The Labute approximate surface area is 219 Å². The Morgan fingerprint density at radius 2 is 1.56 bits per heavy atom. The lowest BCUT2D eigenvalue weighted by Gasteiger charge is -2.46. The monoisotopic (exact) mass is 498 g/mol. The summed E-state index contributed by atoms with van der Waals surface area (Å²) >= 11 is 0. The summed E-state index contributed by atoms with van der Waals surface area (Å²) in [7, 11) is 0. The maximum atomic E-state index is 13.3. The van der Waals surface area contributed by atoms with Crippen molar-refractivity contribution in [2.24, 2.45) is 52.1 Å². The molecule has 2 aliphatic rings. The van der Waals surface area contributed by atoms with Crippen LogP contribution in [0.5, 0.6) is 0 Å². The van der Waals surface area contributed by atoms with E-state index in [1.54, 1.807) is 0 Å². The van der Waals surface area contributed by atoms with Gasteiger partial charge in [-0.3, -0.25) is 9.59 Å². The number of benzene rings is 1. The minimum Gasteiger partial charge on any atom is -0.373 e. The molecule has 5 heteroatoms. The van der Waals surface area contributed by atoms with Crippen LogP contribution in [-0.2, 0) is 20.9 Å². The Hall–Kier alpha value is -1.88. The summed E-state index contributed by atoms with van der Waals surface area (Å²) in [6.45, 7) is 18.2. The Morgan fingerprint density at radius 3 is 2.11 bits per heavy atom. The zero-order valence-electron chi connectivity index (χ0n) is 23.9. The maximum absolute atomic E-state index is 13.3. The van der Waals surface area contributed by atoms with Crippen LogP contribution in [0.15, 0.2) is 24.3 Å². The van der Waals surface area contributed by atoms with E-state index in [2.05, 4.69) is 60.7 Å². The lowest BCUT2D eigenvalue weighted by Crippen LogP contribution is -2.48. The van der Waals surface area contributed by atoms with Crippen molar-refractivity contribution in [3.63, 3.8) is 0 Å². The summed E-state index contributed by atoms with van der Waals surface area (Å²) in [5, 5.41) is 3.19. The Morgan fingerprint density at radius 1 is 0.944 bits per heavy atom. The summed E-state index contributed by atoms with van der Waals surface area (Å²) in [4.78, 5) is 25.5. The van der Waals surface area contributed by atoms with Gasteiger partial charge in [-0.15, -0.1) is 0 Å². The number of nitrogens with one attached hydrogen (secondary N) is 1. The molecule has 5 nitrogen and oxygen atoms in total. The molecule has 0 heterocycles. The second kappa shape index (κ2) is 11.2. The molecule has 1 aromatic carbocycles. The molecule has 5 unspecified atom stereocenters. The molecular formula is C31H50N2O3. The normalized spacial score (nSPS) is 29.8. The van der Waals surface area contributed by atoms with Gasteiger partial charge in [0, 0.05) is 17.5 Å². The molecule has 0 radical (unpaired) electrons. The van der Waals surface area contributed by atoms with E-state index < -0.39 is 0 Å². The van der Waals surface area contributed by atoms with Crippen LogP contribution in [0.3, 0.4) is 0 Å². The topological polar surface area (TPSA) is 81.4 Å². The van der Waals surface area contributed by atoms with Crippen LogP contribution >= 0.6 is 0 Å². The second-order valence-corrected chi connectivity index (χ2v) is 13.9. The predicted octanol–water partition coefficient (Wildman–Crippen LogP) is 6.80. The van der Waals surface area contributed by atoms with Crippen LogP contribution in [0.2, 0.25) is 0 Å². The van der Waals surface area contributed by atoms with E-state index in [-0.39, 0.29) is 46.5 Å². The number of nitrogens with two attached hydrogens (primary N) is 1. The fraction of sp³-hybridized carbons (Fsp3) is 0.742. The van der Waals surface area contributed by atoms with Gasteiger partial charge in [0.1, 0.15) is 0 Å². The highest BCUT2D eigenvalue weighted by atomic mass is 16.5. The first-order valence-corrected chi connectivity index (χ1v) is 14.0. The van der Waals surface area contributed by atoms with E-state index in [0.29, 0.717) is 24.4 Å². The van der Waals surface area contributed by atoms with Gasteiger partial charge in [0.2, 0.25) is 11.8 Å². The molecule has 1 aromatic rings. The van der Waals surface area contributed by atoms with Gasteiger partial charge in [-0.2, -0.15) is 0 Å². The average molecular weight is 499 g/mol. The first-order chi connectivity index (χ1) is 16.7. The molecule has 2 amide bonds. The van der Waals surface area contributed by atoms with Crippen molar-refractivity contribution in [1.82, 2.24) is 0 Å². The molecule has 202 valence electrons. The first kappa shape index (κ1) is 28.7. The highest BCUT2D eigenvalue weighted by Crippen LogP contribution is 2.47. The van der Waals surface area contributed by atoms with Gasteiger partial charge in [-0.1, -0.05) is 67.5 Å².